The van der Waals surface area contributed by atoms with E-state index in [0.717, 1.165) is 31.4 Å². The second-order valence-corrected chi connectivity index (χ2v) is 8.43. The number of benzene rings is 1. The number of pyridine rings is 1. The van der Waals surface area contributed by atoms with E-state index in [1.54, 1.807) is 31.0 Å². The second-order valence-electron chi connectivity index (χ2n) is 8.43. The van der Waals surface area contributed by atoms with Gasteiger partial charge in [0.1, 0.15) is 11.4 Å². The Balaban J connectivity index is 0.00000141. The number of anilines is 2. The minimum absolute atomic E-state index is 0.0188. The third-order valence-corrected chi connectivity index (χ3v) is 6.03. The zero-order valence-corrected chi connectivity index (χ0v) is 19.2. The number of aliphatic hydroxyl groups is 1. The van der Waals surface area contributed by atoms with Crippen LogP contribution in [0.1, 0.15) is 49.0 Å². The van der Waals surface area contributed by atoms with Crippen LogP contribution in [0.3, 0.4) is 0 Å². The highest BCUT2D eigenvalue weighted by Gasteiger charge is 2.49. The molecule has 0 radical (unpaired) electrons. The molecule has 174 valence electrons. The zero-order valence-electron chi connectivity index (χ0n) is 19.2. The first-order valence-corrected chi connectivity index (χ1v) is 11.3. The zero-order chi connectivity index (χ0) is 23.5. The Kier molecular flexibility index (Phi) is 7.36. The number of rotatable bonds is 4. The van der Waals surface area contributed by atoms with Crippen LogP contribution in [0.25, 0.3) is 0 Å². The van der Waals surface area contributed by atoms with Crippen LogP contribution in [0.2, 0.25) is 0 Å². The number of halogens is 1. The van der Waals surface area contributed by atoms with Gasteiger partial charge in [-0.2, -0.15) is 0 Å². The summed E-state index contributed by atoms with van der Waals surface area (Å²) in [7, 11) is 1.56. The molecule has 0 saturated carbocycles. The maximum absolute atomic E-state index is 14.3. The second kappa shape index (κ2) is 9.83. The van der Waals surface area contributed by atoms with E-state index < -0.39 is 11.4 Å². The Bertz CT molecular complexity index is 1020. The molecule has 32 heavy (non-hydrogen) atoms. The first-order chi connectivity index (χ1) is 15.3. The monoisotopic (exact) mass is 444 g/mol. The van der Waals surface area contributed by atoms with Crippen molar-refractivity contribution in [2.24, 2.45) is 7.05 Å². The molecule has 0 aliphatic carbocycles. The van der Waals surface area contributed by atoms with Crippen LogP contribution in [-0.2, 0) is 7.05 Å². The Morgan fingerprint density at radius 1 is 1.22 bits per heavy atom. The summed E-state index contributed by atoms with van der Waals surface area (Å²) in [5.41, 5.74) is 0.220. The number of hydrogen-bond donors (Lipinski definition) is 3. The van der Waals surface area contributed by atoms with Gasteiger partial charge in [-0.1, -0.05) is 26.3 Å². The molecule has 3 heterocycles. The van der Waals surface area contributed by atoms with Crippen LogP contribution < -0.4 is 16.2 Å². The van der Waals surface area contributed by atoms with Gasteiger partial charge in [0.2, 0.25) is 0 Å². The summed E-state index contributed by atoms with van der Waals surface area (Å²) in [6, 6.07) is 5.99. The molecule has 8 heteroatoms. The lowest BCUT2D eigenvalue weighted by molar-refractivity contribution is -0.108. The van der Waals surface area contributed by atoms with Crippen molar-refractivity contribution in [2.75, 3.05) is 25.0 Å². The van der Waals surface area contributed by atoms with Crippen molar-refractivity contribution in [3.63, 3.8) is 0 Å². The van der Waals surface area contributed by atoms with Gasteiger partial charge in [-0.3, -0.25) is 9.59 Å². The van der Waals surface area contributed by atoms with Crippen LogP contribution in [0, 0.1) is 12.7 Å². The predicted molar refractivity (Wildman–Crippen MR) is 124 cm³/mol. The molecule has 1 amide bonds. The fourth-order valence-electron chi connectivity index (χ4n) is 4.23. The standard InChI is InChI=1S/C22H27FN4O3.C2H6/c1-14-6-7-17(16(23)9-14)25-18-10-20(28)26(2)11-15(18)21(29)27-12-22(30,13-27)19-5-3-4-8-24-19;1-2/h6-7,9-11,19,24-25,30H,3-5,8,12-13H2,1-2H3;1-2H3. The average Bonchev–Trinajstić information content (AvgIpc) is 2.77. The van der Waals surface area contributed by atoms with Crippen molar-refractivity contribution >= 4 is 17.3 Å². The van der Waals surface area contributed by atoms with E-state index >= 15 is 0 Å². The third kappa shape index (κ3) is 4.86. The summed E-state index contributed by atoms with van der Waals surface area (Å²) in [5.74, 6) is -0.767. The Morgan fingerprint density at radius 2 is 1.94 bits per heavy atom. The van der Waals surface area contributed by atoms with Crippen LogP contribution in [-0.4, -0.2) is 51.8 Å². The van der Waals surface area contributed by atoms with E-state index in [1.807, 2.05) is 13.8 Å². The van der Waals surface area contributed by atoms with Crippen molar-refractivity contribution in [1.82, 2.24) is 14.8 Å². The van der Waals surface area contributed by atoms with E-state index in [0.29, 0.717) is 0 Å². The number of carbonyl (C=O) groups excluding carboxylic acids is 1. The predicted octanol–water partition coefficient (Wildman–Crippen LogP) is 2.93. The molecule has 1 aromatic heterocycles. The van der Waals surface area contributed by atoms with Crippen LogP contribution >= 0.6 is 0 Å². The number of amides is 1. The van der Waals surface area contributed by atoms with E-state index in [9.17, 15) is 19.1 Å². The molecule has 2 aliphatic heterocycles. The lowest BCUT2D eigenvalue weighted by Crippen LogP contribution is -2.72. The number of piperidine rings is 1. The summed E-state index contributed by atoms with van der Waals surface area (Å²) in [4.78, 5) is 26.9. The van der Waals surface area contributed by atoms with Crippen LogP contribution in [0.5, 0.6) is 0 Å². The van der Waals surface area contributed by atoms with Gasteiger partial charge < -0.3 is 25.2 Å². The highest BCUT2D eigenvalue weighted by atomic mass is 19.1. The van der Waals surface area contributed by atoms with Gasteiger partial charge in [0.05, 0.1) is 30.0 Å². The van der Waals surface area contributed by atoms with Crippen molar-refractivity contribution in [1.29, 1.82) is 0 Å². The van der Waals surface area contributed by atoms with Gasteiger partial charge in [0.25, 0.3) is 11.5 Å². The van der Waals surface area contributed by atoms with Gasteiger partial charge >= 0.3 is 0 Å². The molecule has 1 unspecified atom stereocenters. The maximum Gasteiger partial charge on any atom is 0.257 e. The van der Waals surface area contributed by atoms with E-state index in [1.165, 1.54) is 22.9 Å². The number of nitrogens with one attached hydrogen (secondary N) is 2. The minimum atomic E-state index is -0.937. The molecule has 0 bridgehead atoms. The number of aryl methyl sites for hydroxylation is 2. The number of nitrogens with zero attached hydrogens (tertiary/aromatic N) is 2. The highest BCUT2D eigenvalue weighted by molar-refractivity contribution is 6.00. The molecule has 4 rings (SSSR count). The molecule has 1 aromatic carbocycles. The lowest BCUT2D eigenvalue weighted by atomic mass is 9.81. The van der Waals surface area contributed by atoms with Gasteiger partial charge in [-0.15, -0.1) is 0 Å². The normalized spacial score (nSPS) is 19.4. The number of likely N-dealkylation sites (tertiary alicyclic amines) is 1. The Labute approximate surface area is 188 Å². The van der Waals surface area contributed by atoms with Crippen molar-refractivity contribution in [3.8, 4) is 0 Å². The average molecular weight is 445 g/mol. The first-order valence-electron chi connectivity index (χ1n) is 11.3. The molecule has 2 fully saturated rings. The third-order valence-electron chi connectivity index (χ3n) is 6.03. The number of aromatic nitrogens is 1. The smallest absolute Gasteiger partial charge is 0.257 e. The lowest BCUT2D eigenvalue weighted by Gasteiger charge is -2.51. The van der Waals surface area contributed by atoms with E-state index in [-0.39, 0.29) is 47.5 Å². The summed E-state index contributed by atoms with van der Waals surface area (Å²) >= 11 is 0. The van der Waals surface area contributed by atoms with Gasteiger partial charge in [0, 0.05) is 25.4 Å². The molecular weight excluding hydrogens is 411 g/mol. The molecule has 2 aliphatic rings. The highest BCUT2D eigenvalue weighted by Crippen LogP contribution is 2.32. The molecule has 1 atom stereocenters. The maximum atomic E-state index is 14.3. The Morgan fingerprint density at radius 3 is 2.56 bits per heavy atom. The fraction of sp³-hybridized carbons (Fsp3) is 0.500. The summed E-state index contributed by atoms with van der Waals surface area (Å²) in [5, 5.41) is 17.1. The number of carbonyl (C=O) groups is 1. The van der Waals surface area contributed by atoms with Crippen LogP contribution in [0.4, 0.5) is 15.8 Å². The van der Waals surface area contributed by atoms with Crippen LogP contribution in [0.15, 0.2) is 35.3 Å². The van der Waals surface area contributed by atoms with Crippen molar-refractivity contribution in [2.45, 2.75) is 51.7 Å². The molecule has 7 nitrogen and oxygen atoms in total. The van der Waals surface area contributed by atoms with E-state index in [2.05, 4.69) is 10.6 Å². The number of hydrogen-bond acceptors (Lipinski definition) is 5. The summed E-state index contributed by atoms with van der Waals surface area (Å²) in [6.07, 6.45) is 4.50. The molecule has 2 aromatic rings. The SMILES string of the molecule is CC.Cc1ccc(Nc2cc(=O)n(C)cc2C(=O)N2CC(O)(C3CCCCN3)C2)c(F)c1. The quantitative estimate of drug-likeness (QED) is 0.675. The Hall–Kier alpha value is -2.71. The first kappa shape index (κ1) is 23.9. The molecular formula is C24H33FN4O3. The largest absolute Gasteiger partial charge is 0.385 e. The fourth-order valence-corrected chi connectivity index (χ4v) is 4.23. The van der Waals surface area contributed by atoms with Crippen molar-refractivity contribution < 1.29 is 14.3 Å². The molecule has 0 spiro atoms. The van der Waals surface area contributed by atoms with Gasteiger partial charge in [-0.05, 0) is 44.0 Å². The number of β-amino-alcohol motifs (C(OH)–C–C–N with tert-alkyl or cyclic N) is 1. The van der Waals surface area contributed by atoms with Gasteiger partial charge in [-0.25, -0.2) is 4.39 Å². The summed E-state index contributed by atoms with van der Waals surface area (Å²) in [6.45, 7) is 7.11. The minimum Gasteiger partial charge on any atom is -0.385 e. The van der Waals surface area contributed by atoms with Gasteiger partial charge in [0.15, 0.2) is 0 Å². The van der Waals surface area contributed by atoms with Crippen molar-refractivity contribution in [3.05, 3.63) is 57.8 Å². The molecule has 2 saturated heterocycles. The topological polar surface area (TPSA) is 86.6 Å². The van der Waals surface area contributed by atoms with E-state index in [4.69, 9.17) is 0 Å². The summed E-state index contributed by atoms with van der Waals surface area (Å²) < 4.78 is 15.6. The molecule has 3 N–H and O–H groups in total.